The minimum Gasteiger partial charge on any atom is -0.365 e. The Kier molecular flexibility index (Phi) is 6.23. The van der Waals surface area contributed by atoms with Gasteiger partial charge in [0.2, 0.25) is 21.9 Å². The van der Waals surface area contributed by atoms with E-state index in [0.717, 1.165) is 16.1 Å². The van der Waals surface area contributed by atoms with E-state index >= 15 is 0 Å². The minimum atomic E-state index is -4.75. The summed E-state index contributed by atoms with van der Waals surface area (Å²) in [7, 11) is -2.35. The molecule has 0 radical (unpaired) electrons. The lowest BCUT2D eigenvalue weighted by molar-refractivity contribution is -0.137. The molecule has 4 rings (SSSR count). The van der Waals surface area contributed by atoms with Crippen molar-refractivity contribution < 1.29 is 26.4 Å². The first kappa shape index (κ1) is 24.2. The summed E-state index contributed by atoms with van der Waals surface area (Å²) in [5.41, 5.74) is 0.925. The van der Waals surface area contributed by atoms with Crippen LogP contribution < -0.4 is 20.3 Å². The predicted molar refractivity (Wildman–Crippen MR) is 124 cm³/mol. The molecule has 2 aromatic heterocycles. The van der Waals surface area contributed by atoms with Crippen molar-refractivity contribution in [3.8, 4) is 0 Å². The summed E-state index contributed by atoms with van der Waals surface area (Å²) in [5.74, 6) is -0.770. The van der Waals surface area contributed by atoms with Crippen molar-refractivity contribution in [1.82, 2.24) is 15.0 Å². The quantitative estimate of drug-likeness (QED) is 0.445. The van der Waals surface area contributed by atoms with Gasteiger partial charge in [0, 0.05) is 31.5 Å². The molecule has 3 aromatic rings. The Morgan fingerprint density at radius 2 is 1.94 bits per heavy atom. The van der Waals surface area contributed by atoms with Gasteiger partial charge in [-0.25, -0.2) is 18.4 Å². The van der Waals surface area contributed by atoms with Crippen LogP contribution in [0.5, 0.6) is 0 Å². The fourth-order valence-corrected chi connectivity index (χ4v) is 3.93. The highest BCUT2D eigenvalue weighted by molar-refractivity contribution is 7.92. The third-order valence-electron chi connectivity index (χ3n) is 5.22. The van der Waals surface area contributed by atoms with Crippen molar-refractivity contribution in [2.75, 3.05) is 33.6 Å². The molecule has 1 aliphatic rings. The van der Waals surface area contributed by atoms with E-state index in [9.17, 15) is 26.4 Å². The number of nitrogens with zero attached hydrogens (tertiary/aromatic N) is 4. The lowest BCUT2D eigenvalue weighted by atomic mass is 10.1. The van der Waals surface area contributed by atoms with E-state index in [4.69, 9.17) is 0 Å². The molecule has 0 fully saturated rings. The molecule has 0 spiro atoms. The maximum atomic E-state index is 13.6. The smallest absolute Gasteiger partial charge is 0.365 e. The molecule has 0 bridgehead atoms. The lowest BCUT2D eigenvalue weighted by Crippen LogP contribution is -2.27. The molecule has 14 heteroatoms. The Labute approximate surface area is 198 Å². The van der Waals surface area contributed by atoms with Gasteiger partial charge in [0.25, 0.3) is 0 Å². The molecular weight excluding hydrogens is 487 g/mol. The maximum Gasteiger partial charge on any atom is 0.421 e. The number of sulfonamides is 1. The third-order valence-corrected chi connectivity index (χ3v) is 6.38. The van der Waals surface area contributed by atoms with Gasteiger partial charge in [-0.15, -0.1) is 0 Å². The van der Waals surface area contributed by atoms with Crippen molar-refractivity contribution in [2.45, 2.75) is 19.1 Å². The summed E-state index contributed by atoms with van der Waals surface area (Å²) in [6.45, 7) is -0.195. The van der Waals surface area contributed by atoms with Gasteiger partial charge in [0.05, 0.1) is 24.1 Å². The number of alkyl halides is 3. The highest BCUT2D eigenvalue weighted by Crippen LogP contribution is 2.36. The summed E-state index contributed by atoms with van der Waals surface area (Å²) in [6, 6.07) is 8.19. The predicted octanol–water partition coefficient (Wildman–Crippen LogP) is 3.14. The van der Waals surface area contributed by atoms with Gasteiger partial charge in [-0.05, 0) is 17.7 Å². The van der Waals surface area contributed by atoms with Crippen molar-refractivity contribution in [1.29, 1.82) is 0 Å². The van der Waals surface area contributed by atoms with Crippen LogP contribution in [-0.2, 0) is 34.0 Å². The molecule has 1 amide bonds. The van der Waals surface area contributed by atoms with E-state index in [1.807, 2.05) is 0 Å². The van der Waals surface area contributed by atoms with Crippen molar-refractivity contribution in [2.24, 2.45) is 0 Å². The Bertz CT molecular complexity index is 1400. The van der Waals surface area contributed by atoms with Crippen LogP contribution in [0.15, 0.2) is 42.7 Å². The fourth-order valence-electron chi connectivity index (χ4n) is 3.45. The maximum absolute atomic E-state index is 13.6. The molecule has 0 saturated heterocycles. The van der Waals surface area contributed by atoms with Gasteiger partial charge in [-0.2, -0.15) is 18.2 Å². The number of para-hydroxylation sites is 1. The average Bonchev–Trinajstić information content (AvgIpc) is 3.17. The Morgan fingerprint density at radius 3 is 2.66 bits per heavy atom. The summed E-state index contributed by atoms with van der Waals surface area (Å²) in [6.07, 6.45) is -1.53. The van der Waals surface area contributed by atoms with Gasteiger partial charge >= 0.3 is 6.18 Å². The Morgan fingerprint density at radius 1 is 1.17 bits per heavy atom. The number of pyridine rings is 1. The number of rotatable bonds is 7. The molecule has 1 aliphatic heterocycles. The number of benzene rings is 1. The largest absolute Gasteiger partial charge is 0.421 e. The van der Waals surface area contributed by atoms with Gasteiger partial charge < -0.3 is 16.0 Å². The second-order valence-electron chi connectivity index (χ2n) is 7.71. The van der Waals surface area contributed by atoms with E-state index in [0.29, 0.717) is 23.1 Å². The lowest BCUT2D eigenvalue weighted by Gasteiger charge is -2.20. The van der Waals surface area contributed by atoms with Crippen LogP contribution >= 0.6 is 0 Å². The van der Waals surface area contributed by atoms with Gasteiger partial charge in [0.1, 0.15) is 17.2 Å². The monoisotopic (exact) mass is 507 g/mol. The van der Waals surface area contributed by atoms with Crippen LogP contribution in [0, 0.1) is 0 Å². The fraction of sp³-hybridized carbons (Fsp3) is 0.238. The standard InChI is InChI=1S/C21H20F3N7O3S/c1-31(35(2,33)34)19-13(6-4-8-25-19)10-26-18-14(21(22,23)24)11-27-20(30-18)28-15-7-3-5-12-9-16(32)29-17(12)15/h3-8,11H,9-10H2,1-2H3,(H,29,32)(H2,26,27,28,30). The average molecular weight is 507 g/mol. The molecule has 0 atom stereocenters. The zero-order chi connectivity index (χ0) is 25.4. The van der Waals surface area contributed by atoms with Gasteiger partial charge in [-0.3, -0.25) is 9.10 Å². The number of nitrogens with one attached hydrogen (secondary N) is 3. The van der Waals surface area contributed by atoms with E-state index in [2.05, 4.69) is 30.9 Å². The molecule has 3 heterocycles. The van der Waals surface area contributed by atoms with Crippen LogP contribution in [0.1, 0.15) is 16.7 Å². The van der Waals surface area contributed by atoms with Crippen LogP contribution in [0.3, 0.4) is 0 Å². The van der Waals surface area contributed by atoms with Crippen molar-refractivity contribution in [3.63, 3.8) is 0 Å². The van der Waals surface area contributed by atoms with Crippen LogP contribution in [0.25, 0.3) is 0 Å². The number of amides is 1. The number of anilines is 5. The Balaban J connectivity index is 1.64. The summed E-state index contributed by atoms with van der Waals surface area (Å²) in [5, 5.41) is 8.17. The van der Waals surface area contributed by atoms with Crippen molar-refractivity contribution in [3.05, 3.63) is 59.4 Å². The zero-order valence-electron chi connectivity index (χ0n) is 18.5. The number of hydrogen-bond donors (Lipinski definition) is 3. The van der Waals surface area contributed by atoms with Gasteiger partial charge in [0.15, 0.2) is 0 Å². The molecule has 35 heavy (non-hydrogen) atoms. The summed E-state index contributed by atoms with van der Waals surface area (Å²) in [4.78, 5) is 23.5. The molecule has 1 aromatic carbocycles. The first-order chi connectivity index (χ1) is 16.4. The molecule has 10 nitrogen and oxygen atoms in total. The molecule has 0 unspecified atom stereocenters. The van der Waals surface area contributed by atoms with E-state index in [1.54, 1.807) is 30.3 Å². The number of carbonyl (C=O) groups excluding carboxylic acids is 1. The first-order valence-corrected chi connectivity index (χ1v) is 12.0. The Hall–Kier alpha value is -3.94. The van der Waals surface area contributed by atoms with Crippen LogP contribution in [0.4, 0.5) is 42.1 Å². The molecular formula is C21H20F3N7O3S. The first-order valence-electron chi connectivity index (χ1n) is 10.2. The molecule has 0 saturated carbocycles. The van der Waals surface area contributed by atoms with E-state index in [1.165, 1.54) is 13.2 Å². The zero-order valence-corrected chi connectivity index (χ0v) is 19.3. The topological polar surface area (TPSA) is 129 Å². The number of aromatic nitrogens is 3. The normalized spacial score (nSPS) is 13.2. The second-order valence-corrected chi connectivity index (χ2v) is 9.73. The van der Waals surface area contributed by atoms with Gasteiger partial charge in [-0.1, -0.05) is 18.2 Å². The summed E-state index contributed by atoms with van der Waals surface area (Å²) < 4.78 is 65.7. The SMILES string of the molecule is CN(c1ncccc1CNc1nc(Nc2cccc3c2NC(=O)C3)ncc1C(F)(F)F)S(C)(=O)=O. The van der Waals surface area contributed by atoms with Crippen molar-refractivity contribution >= 4 is 44.9 Å². The number of carbonyl (C=O) groups is 1. The summed E-state index contributed by atoms with van der Waals surface area (Å²) >= 11 is 0. The molecule has 184 valence electrons. The highest BCUT2D eigenvalue weighted by atomic mass is 32.2. The van der Waals surface area contributed by atoms with Crippen LogP contribution in [-0.4, -0.2) is 42.6 Å². The minimum absolute atomic E-state index is 0.0686. The second kappa shape index (κ2) is 9.02. The van der Waals surface area contributed by atoms with E-state index < -0.39 is 27.6 Å². The number of hydrogen-bond acceptors (Lipinski definition) is 8. The highest BCUT2D eigenvalue weighted by Gasteiger charge is 2.35. The third kappa shape index (κ3) is 5.26. The number of fused-ring (bicyclic) bond motifs is 1. The van der Waals surface area contributed by atoms with E-state index in [-0.39, 0.29) is 30.6 Å². The molecule has 3 N–H and O–H groups in total. The molecule has 0 aliphatic carbocycles. The van der Waals surface area contributed by atoms with Crippen LogP contribution in [0.2, 0.25) is 0 Å². The number of halogens is 3.